The number of hydrogen-bond donors (Lipinski definition) is 1. The number of carboxylic acids is 1. The molecule has 1 aliphatic heterocycles. The maximum atomic E-state index is 11.7. The molecular weight excluding hydrogens is 218 g/mol. The Kier molecular flexibility index (Phi) is 2.87. The topological polar surface area (TPSA) is 49.8 Å². The number of nitrogens with zero attached hydrogens (tertiary/aromatic N) is 1. The molecule has 0 aromatic rings. The molecule has 2 bridgehead atoms. The van der Waals surface area contributed by atoms with Crippen LogP contribution in [0.2, 0.25) is 0 Å². The SMILES string of the molecule is O=C(O)C12CCC(CC1)CC2N1CCOCC1. The molecule has 4 heteroatoms. The van der Waals surface area contributed by atoms with E-state index in [1.54, 1.807) is 0 Å². The highest BCUT2D eigenvalue weighted by atomic mass is 16.5. The monoisotopic (exact) mass is 239 g/mol. The van der Waals surface area contributed by atoms with Gasteiger partial charge in [-0.15, -0.1) is 0 Å². The van der Waals surface area contributed by atoms with Crippen molar-refractivity contribution in [1.29, 1.82) is 0 Å². The van der Waals surface area contributed by atoms with Crippen LogP contribution in [0.15, 0.2) is 0 Å². The molecule has 0 spiro atoms. The molecule has 4 aliphatic rings. The molecule has 1 unspecified atom stereocenters. The molecule has 3 aliphatic carbocycles. The summed E-state index contributed by atoms with van der Waals surface area (Å²) >= 11 is 0. The molecule has 96 valence electrons. The highest BCUT2D eigenvalue weighted by Gasteiger charge is 2.54. The van der Waals surface area contributed by atoms with Crippen molar-refractivity contribution in [2.45, 2.75) is 38.1 Å². The fraction of sp³-hybridized carbons (Fsp3) is 0.923. The molecule has 4 rings (SSSR count). The van der Waals surface area contributed by atoms with Crippen molar-refractivity contribution in [3.05, 3.63) is 0 Å². The minimum Gasteiger partial charge on any atom is -0.481 e. The van der Waals surface area contributed by atoms with Crippen LogP contribution in [-0.2, 0) is 9.53 Å². The number of carboxylic acid groups (broad SMARTS) is 1. The lowest BCUT2D eigenvalue weighted by Gasteiger charge is -2.53. The predicted molar refractivity (Wildman–Crippen MR) is 62.8 cm³/mol. The van der Waals surface area contributed by atoms with Gasteiger partial charge in [0.15, 0.2) is 0 Å². The van der Waals surface area contributed by atoms with Crippen molar-refractivity contribution in [2.75, 3.05) is 26.3 Å². The Hall–Kier alpha value is -0.610. The van der Waals surface area contributed by atoms with Gasteiger partial charge in [-0.1, -0.05) is 0 Å². The lowest BCUT2D eigenvalue weighted by atomic mass is 9.57. The first-order valence-electron chi connectivity index (χ1n) is 6.77. The van der Waals surface area contributed by atoms with Crippen LogP contribution in [0.3, 0.4) is 0 Å². The van der Waals surface area contributed by atoms with E-state index in [0.29, 0.717) is 0 Å². The van der Waals surface area contributed by atoms with Gasteiger partial charge in [-0.05, 0) is 38.0 Å². The van der Waals surface area contributed by atoms with Crippen LogP contribution < -0.4 is 0 Å². The van der Waals surface area contributed by atoms with Crippen LogP contribution in [-0.4, -0.2) is 48.3 Å². The number of aliphatic carboxylic acids is 1. The fourth-order valence-electron chi connectivity index (χ4n) is 4.05. The normalized spacial score (nSPS) is 42.6. The van der Waals surface area contributed by atoms with Crippen molar-refractivity contribution >= 4 is 5.97 Å². The van der Waals surface area contributed by atoms with E-state index in [1.165, 1.54) is 0 Å². The Morgan fingerprint density at radius 3 is 2.47 bits per heavy atom. The van der Waals surface area contributed by atoms with Crippen LogP contribution >= 0.6 is 0 Å². The van der Waals surface area contributed by atoms with Gasteiger partial charge >= 0.3 is 5.97 Å². The first kappa shape index (κ1) is 11.5. The molecule has 3 saturated carbocycles. The van der Waals surface area contributed by atoms with E-state index in [1.807, 2.05) is 0 Å². The summed E-state index contributed by atoms with van der Waals surface area (Å²) in [6.45, 7) is 3.34. The van der Waals surface area contributed by atoms with E-state index in [0.717, 1.165) is 64.3 Å². The molecule has 0 aromatic carbocycles. The van der Waals surface area contributed by atoms with Crippen molar-refractivity contribution in [3.8, 4) is 0 Å². The van der Waals surface area contributed by atoms with Crippen LogP contribution in [0.25, 0.3) is 0 Å². The molecule has 0 aromatic heterocycles. The Labute approximate surface area is 102 Å². The number of hydrogen-bond acceptors (Lipinski definition) is 3. The number of fused-ring (bicyclic) bond motifs is 3. The molecule has 1 atom stereocenters. The second-order valence-electron chi connectivity index (χ2n) is 5.80. The van der Waals surface area contributed by atoms with Crippen LogP contribution in [0, 0.1) is 11.3 Å². The van der Waals surface area contributed by atoms with Crippen LogP contribution in [0.5, 0.6) is 0 Å². The minimum atomic E-state index is -0.563. The second-order valence-corrected chi connectivity index (χ2v) is 5.80. The zero-order valence-electron chi connectivity index (χ0n) is 10.2. The van der Waals surface area contributed by atoms with Gasteiger partial charge in [-0.3, -0.25) is 9.69 Å². The van der Waals surface area contributed by atoms with E-state index < -0.39 is 11.4 Å². The molecule has 1 N–H and O–H groups in total. The van der Waals surface area contributed by atoms with Gasteiger partial charge in [0.25, 0.3) is 0 Å². The van der Waals surface area contributed by atoms with Crippen molar-refractivity contribution in [1.82, 2.24) is 4.90 Å². The third-order valence-corrected chi connectivity index (χ3v) is 5.10. The average molecular weight is 239 g/mol. The van der Waals surface area contributed by atoms with Crippen LogP contribution in [0.4, 0.5) is 0 Å². The van der Waals surface area contributed by atoms with Gasteiger partial charge in [0.2, 0.25) is 0 Å². The van der Waals surface area contributed by atoms with E-state index in [4.69, 9.17) is 4.74 Å². The summed E-state index contributed by atoms with van der Waals surface area (Å²) in [7, 11) is 0. The van der Waals surface area contributed by atoms with Crippen molar-refractivity contribution < 1.29 is 14.6 Å². The minimum absolute atomic E-state index is 0.261. The quantitative estimate of drug-likeness (QED) is 0.790. The summed E-state index contributed by atoms with van der Waals surface area (Å²) in [5.74, 6) is 0.205. The second kappa shape index (κ2) is 4.25. The zero-order chi connectivity index (χ0) is 11.9. The lowest BCUT2D eigenvalue weighted by molar-refractivity contribution is -0.166. The maximum absolute atomic E-state index is 11.7. The Morgan fingerprint density at radius 2 is 1.88 bits per heavy atom. The maximum Gasteiger partial charge on any atom is 0.311 e. The Bertz CT molecular complexity index is 304. The van der Waals surface area contributed by atoms with E-state index in [-0.39, 0.29) is 6.04 Å². The standard InChI is InChI=1S/C13H21NO3/c15-12(16)13-3-1-10(2-4-13)9-11(13)14-5-7-17-8-6-14/h10-11H,1-9H2,(H,15,16). The third kappa shape index (κ3) is 1.78. The van der Waals surface area contributed by atoms with Crippen molar-refractivity contribution in [2.24, 2.45) is 11.3 Å². The fourth-order valence-corrected chi connectivity index (χ4v) is 4.05. The van der Waals surface area contributed by atoms with Gasteiger partial charge in [0.1, 0.15) is 0 Å². The third-order valence-electron chi connectivity index (χ3n) is 5.10. The lowest BCUT2D eigenvalue weighted by Crippen LogP contribution is -2.60. The van der Waals surface area contributed by atoms with Gasteiger partial charge in [-0.25, -0.2) is 0 Å². The molecule has 4 fully saturated rings. The average Bonchev–Trinajstić information content (AvgIpc) is 2.41. The Balaban J connectivity index is 1.83. The number of morpholine rings is 1. The summed E-state index contributed by atoms with van der Waals surface area (Å²) in [5.41, 5.74) is -0.452. The summed E-state index contributed by atoms with van der Waals surface area (Å²) in [4.78, 5) is 14.1. The van der Waals surface area contributed by atoms with Crippen LogP contribution in [0.1, 0.15) is 32.1 Å². The zero-order valence-corrected chi connectivity index (χ0v) is 10.2. The molecule has 0 radical (unpaired) electrons. The molecular formula is C13H21NO3. The Morgan fingerprint density at radius 1 is 1.24 bits per heavy atom. The number of ether oxygens (including phenoxy) is 1. The summed E-state index contributed by atoms with van der Waals surface area (Å²) < 4.78 is 5.37. The van der Waals surface area contributed by atoms with Crippen molar-refractivity contribution in [3.63, 3.8) is 0 Å². The number of carbonyl (C=O) groups is 1. The van der Waals surface area contributed by atoms with E-state index in [9.17, 15) is 9.90 Å². The largest absolute Gasteiger partial charge is 0.481 e. The van der Waals surface area contributed by atoms with E-state index in [2.05, 4.69) is 4.90 Å². The van der Waals surface area contributed by atoms with Gasteiger partial charge in [-0.2, -0.15) is 0 Å². The first-order valence-corrected chi connectivity index (χ1v) is 6.77. The highest BCUT2D eigenvalue weighted by Crippen LogP contribution is 2.52. The van der Waals surface area contributed by atoms with Gasteiger partial charge < -0.3 is 9.84 Å². The molecule has 0 amide bonds. The predicted octanol–water partition coefficient (Wildman–Crippen LogP) is 1.35. The molecule has 1 heterocycles. The molecule has 17 heavy (non-hydrogen) atoms. The van der Waals surface area contributed by atoms with E-state index >= 15 is 0 Å². The van der Waals surface area contributed by atoms with Gasteiger partial charge in [0.05, 0.1) is 18.6 Å². The first-order chi connectivity index (χ1) is 8.22. The smallest absolute Gasteiger partial charge is 0.311 e. The summed E-state index contributed by atoms with van der Waals surface area (Å²) in [6, 6.07) is 0.261. The highest BCUT2D eigenvalue weighted by molar-refractivity contribution is 5.76. The molecule has 4 nitrogen and oxygen atoms in total. The summed E-state index contributed by atoms with van der Waals surface area (Å²) in [5, 5.41) is 9.66. The molecule has 1 saturated heterocycles. The van der Waals surface area contributed by atoms with Gasteiger partial charge in [0, 0.05) is 19.1 Å². The number of rotatable bonds is 2. The summed E-state index contributed by atoms with van der Waals surface area (Å²) in [6.07, 6.45) is 5.09.